The van der Waals surface area contributed by atoms with Crippen LogP contribution in [0.25, 0.3) is 0 Å². The van der Waals surface area contributed by atoms with Gasteiger partial charge < -0.3 is 5.32 Å². The molecule has 58 valence electrons. The van der Waals surface area contributed by atoms with Gasteiger partial charge in [-0.05, 0) is 12.1 Å². The summed E-state index contributed by atoms with van der Waals surface area (Å²) in [5.74, 6) is -1.45. The molecule has 0 radical (unpaired) electrons. The zero-order valence-electron chi connectivity index (χ0n) is 5.47. The summed E-state index contributed by atoms with van der Waals surface area (Å²) in [6.07, 6.45) is 0.330. The highest BCUT2D eigenvalue weighted by Crippen LogP contribution is 2.13. The monoisotopic (exact) mass is 157 g/mol. The molecule has 0 spiro atoms. The molecule has 0 saturated heterocycles. The molecule has 0 fully saturated rings. The standard InChI is InChI=1S/C7H5F2NO/c8-5-1-2-7(10-4-11)6(9)3-5/h1-4H,(H,10,11). The Balaban J connectivity index is 2.98. The van der Waals surface area contributed by atoms with Crippen molar-refractivity contribution in [1.29, 1.82) is 0 Å². The largest absolute Gasteiger partial charge is 0.326 e. The third-order valence-electron chi connectivity index (χ3n) is 1.15. The number of amides is 1. The van der Waals surface area contributed by atoms with E-state index in [1.807, 2.05) is 0 Å². The number of carbonyl (C=O) groups is 1. The van der Waals surface area contributed by atoms with E-state index in [0.29, 0.717) is 12.5 Å². The molecular weight excluding hydrogens is 152 g/mol. The van der Waals surface area contributed by atoms with Crippen LogP contribution in [0.2, 0.25) is 0 Å². The average molecular weight is 157 g/mol. The maximum atomic E-state index is 12.6. The highest BCUT2D eigenvalue weighted by atomic mass is 19.1. The van der Waals surface area contributed by atoms with E-state index in [-0.39, 0.29) is 5.69 Å². The van der Waals surface area contributed by atoms with Crippen LogP contribution in [-0.2, 0) is 4.79 Å². The Bertz CT molecular complexity index is 275. The van der Waals surface area contributed by atoms with Crippen LogP contribution in [0.1, 0.15) is 0 Å². The number of benzene rings is 1. The van der Waals surface area contributed by atoms with Gasteiger partial charge in [0, 0.05) is 6.07 Å². The van der Waals surface area contributed by atoms with Gasteiger partial charge in [-0.25, -0.2) is 8.78 Å². The van der Waals surface area contributed by atoms with Crippen LogP contribution in [-0.4, -0.2) is 6.41 Å². The number of nitrogens with one attached hydrogen (secondary N) is 1. The highest BCUT2D eigenvalue weighted by Gasteiger charge is 2.00. The maximum Gasteiger partial charge on any atom is 0.211 e. The normalized spacial score (nSPS) is 9.27. The predicted molar refractivity (Wildman–Crippen MR) is 36.0 cm³/mol. The molecule has 0 aliphatic rings. The van der Waals surface area contributed by atoms with E-state index in [1.165, 1.54) is 0 Å². The fraction of sp³-hybridized carbons (Fsp3) is 0. The van der Waals surface area contributed by atoms with Gasteiger partial charge in [0.1, 0.15) is 11.6 Å². The smallest absolute Gasteiger partial charge is 0.211 e. The lowest BCUT2D eigenvalue weighted by Crippen LogP contribution is -1.96. The minimum atomic E-state index is -0.780. The Labute approximate surface area is 61.8 Å². The molecule has 0 atom stereocenters. The Kier molecular flexibility index (Phi) is 2.15. The number of carbonyl (C=O) groups excluding carboxylic acids is 1. The molecule has 0 aliphatic carbocycles. The Morgan fingerprint density at radius 1 is 1.36 bits per heavy atom. The lowest BCUT2D eigenvalue weighted by atomic mass is 10.3. The van der Waals surface area contributed by atoms with Crippen LogP contribution in [0.3, 0.4) is 0 Å². The van der Waals surface area contributed by atoms with Gasteiger partial charge in [0.2, 0.25) is 6.41 Å². The van der Waals surface area contributed by atoms with Crippen molar-refractivity contribution in [2.24, 2.45) is 0 Å². The summed E-state index contributed by atoms with van der Waals surface area (Å²) in [7, 11) is 0. The fourth-order valence-corrected chi connectivity index (χ4v) is 0.670. The van der Waals surface area contributed by atoms with Crippen molar-refractivity contribution in [1.82, 2.24) is 0 Å². The van der Waals surface area contributed by atoms with E-state index in [1.54, 1.807) is 0 Å². The second-order valence-electron chi connectivity index (χ2n) is 1.89. The molecule has 0 saturated carbocycles. The van der Waals surface area contributed by atoms with Crippen LogP contribution in [0.4, 0.5) is 14.5 Å². The van der Waals surface area contributed by atoms with E-state index in [9.17, 15) is 13.6 Å². The van der Waals surface area contributed by atoms with Gasteiger partial charge >= 0.3 is 0 Å². The second kappa shape index (κ2) is 3.09. The minimum Gasteiger partial charge on any atom is -0.326 e. The van der Waals surface area contributed by atoms with Gasteiger partial charge in [-0.1, -0.05) is 0 Å². The first-order valence-electron chi connectivity index (χ1n) is 2.89. The molecule has 0 aliphatic heterocycles. The topological polar surface area (TPSA) is 29.1 Å². The third-order valence-corrected chi connectivity index (χ3v) is 1.15. The van der Waals surface area contributed by atoms with Gasteiger partial charge in [0.15, 0.2) is 0 Å². The van der Waals surface area contributed by atoms with Gasteiger partial charge in [-0.15, -0.1) is 0 Å². The summed E-state index contributed by atoms with van der Waals surface area (Å²) < 4.78 is 24.8. The second-order valence-corrected chi connectivity index (χ2v) is 1.89. The molecule has 2 nitrogen and oxygen atoms in total. The first kappa shape index (κ1) is 7.65. The van der Waals surface area contributed by atoms with E-state index in [4.69, 9.17) is 0 Å². The Hall–Kier alpha value is -1.45. The van der Waals surface area contributed by atoms with Crippen molar-refractivity contribution >= 4 is 12.1 Å². The number of hydrogen-bond acceptors (Lipinski definition) is 1. The number of rotatable bonds is 2. The average Bonchev–Trinajstić information content (AvgIpc) is 1.95. The van der Waals surface area contributed by atoms with E-state index in [2.05, 4.69) is 5.32 Å². The summed E-state index contributed by atoms with van der Waals surface area (Å²) in [5, 5.41) is 2.08. The zero-order valence-corrected chi connectivity index (χ0v) is 5.47. The summed E-state index contributed by atoms with van der Waals surface area (Å²) in [6, 6.07) is 2.92. The molecule has 11 heavy (non-hydrogen) atoms. The van der Waals surface area contributed by atoms with E-state index >= 15 is 0 Å². The molecule has 1 N–H and O–H groups in total. The first-order valence-corrected chi connectivity index (χ1v) is 2.89. The number of hydrogen-bond donors (Lipinski definition) is 1. The van der Waals surface area contributed by atoms with Crippen LogP contribution < -0.4 is 5.32 Å². The molecule has 1 aromatic rings. The van der Waals surface area contributed by atoms with Crippen molar-refractivity contribution in [2.45, 2.75) is 0 Å². The molecule has 0 unspecified atom stereocenters. The summed E-state index contributed by atoms with van der Waals surface area (Å²) in [5.41, 5.74) is -0.0265. The van der Waals surface area contributed by atoms with Crippen LogP contribution in [0.15, 0.2) is 18.2 Å². The molecule has 4 heteroatoms. The molecule has 1 aromatic carbocycles. The van der Waals surface area contributed by atoms with Crippen molar-refractivity contribution < 1.29 is 13.6 Å². The SMILES string of the molecule is O=CNc1ccc(F)cc1F. The molecule has 0 bridgehead atoms. The fourth-order valence-electron chi connectivity index (χ4n) is 0.670. The van der Waals surface area contributed by atoms with E-state index in [0.717, 1.165) is 12.1 Å². The first-order chi connectivity index (χ1) is 5.24. The van der Waals surface area contributed by atoms with Crippen molar-refractivity contribution in [2.75, 3.05) is 5.32 Å². The number of anilines is 1. The highest BCUT2D eigenvalue weighted by molar-refractivity contribution is 5.71. The Morgan fingerprint density at radius 3 is 2.64 bits per heavy atom. The summed E-state index contributed by atoms with van der Waals surface area (Å²) in [4.78, 5) is 9.84. The van der Waals surface area contributed by atoms with E-state index < -0.39 is 11.6 Å². The third kappa shape index (κ3) is 1.73. The molecule has 0 aromatic heterocycles. The van der Waals surface area contributed by atoms with Crippen molar-refractivity contribution in [3.8, 4) is 0 Å². The summed E-state index contributed by atoms with van der Waals surface area (Å²) in [6.45, 7) is 0. The minimum absolute atomic E-state index is 0.0265. The van der Waals surface area contributed by atoms with Crippen molar-refractivity contribution in [3.05, 3.63) is 29.8 Å². The Morgan fingerprint density at radius 2 is 2.09 bits per heavy atom. The van der Waals surface area contributed by atoms with Gasteiger partial charge in [-0.2, -0.15) is 0 Å². The predicted octanol–water partition coefficient (Wildman–Crippen LogP) is 1.53. The van der Waals surface area contributed by atoms with Gasteiger partial charge in [-0.3, -0.25) is 4.79 Å². The summed E-state index contributed by atoms with van der Waals surface area (Å²) >= 11 is 0. The van der Waals surface area contributed by atoms with Crippen LogP contribution in [0, 0.1) is 11.6 Å². The molecular formula is C7H5F2NO. The zero-order chi connectivity index (χ0) is 8.27. The molecule has 0 heterocycles. The van der Waals surface area contributed by atoms with Crippen molar-refractivity contribution in [3.63, 3.8) is 0 Å². The quantitative estimate of drug-likeness (QED) is 0.648. The number of halogens is 2. The molecule has 1 amide bonds. The van der Waals surface area contributed by atoms with Crippen LogP contribution >= 0.6 is 0 Å². The lowest BCUT2D eigenvalue weighted by molar-refractivity contribution is -0.105. The van der Waals surface area contributed by atoms with Gasteiger partial charge in [0.25, 0.3) is 0 Å². The maximum absolute atomic E-state index is 12.6. The molecule has 1 rings (SSSR count). The lowest BCUT2D eigenvalue weighted by Gasteiger charge is -1.98. The van der Waals surface area contributed by atoms with Crippen LogP contribution in [0.5, 0.6) is 0 Å². The van der Waals surface area contributed by atoms with Gasteiger partial charge in [0.05, 0.1) is 5.69 Å².